The number of nitrogen functional groups attached to an aromatic ring is 1. The van der Waals surface area contributed by atoms with Gasteiger partial charge in [0.15, 0.2) is 6.29 Å². The number of aliphatic hydroxyl groups excluding tert-OH is 1. The summed E-state index contributed by atoms with van der Waals surface area (Å²) in [7, 11) is 0. The molecule has 51 heavy (non-hydrogen) atoms. The van der Waals surface area contributed by atoms with Gasteiger partial charge in [-0.2, -0.15) is 0 Å². The Balaban J connectivity index is 0.994. The van der Waals surface area contributed by atoms with Crippen LogP contribution in [0.15, 0.2) is 72.8 Å². The predicted octanol–water partition coefficient (Wildman–Crippen LogP) is 7.41. The molecule has 9 heteroatoms. The summed E-state index contributed by atoms with van der Waals surface area (Å²) in [5.74, 6) is -0.0685. The summed E-state index contributed by atoms with van der Waals surface area (Å²) in [6.45, 7) is 9.76. The molecule has 3 aromatic carbocycles. The number of nitrogens with zero attached hydrogens (tertiary/aromatic N) is 1. The molecule has 6 rings (SSSR count). The highest BCUT2D eigenvalue weighted by molar-refractivity contribution is 5.93. The predicted molar refractivity (Wildman–Crippen MR) is 200 cm³/mol. The van der Waals surface area contributed by atoms with Crippen LogP contribution >= 0.6 is 0 Å². The number of likely N-dealkylation sites (tertiary alicyclic amines) is 1. The third kappa shape index (κ3) is 9.98. The molecule has 5 unspecified atom stereocenters. The molecule has 9 nitrogen and oxygen atoms in total. The number of anilines is 2. The molecular weight excluding hydrogens is 640 g/mol. The van der Waals surface area contributed by atoms with E-state index in [0.29, 0.717) is 54.1 Å². The molecule has 2 heterocycles. The Bertz CT molecular complexity index is 1630. The molecule has 5 N–H and O–H groups in total. The van der Waals surface area contributed by atoms with E-state index >= 15 is 0 Å². The number of carbonyl (C=O) groups is 2. The fraction of sp³-hybridized carbons (Fsp3) is 0.524. The van der Waals surface area contributed by atoms with Gasteiger partial charge in [-0.3, -0.25) is 14.5 Å². The van der Waals surface area contributed by atoms with E-state index in [4.69, 9.17) is 15.2 Å². The molecule has 274 valence electrons. The van der Waals surface area contributed by atoms with Crippen molar-refractivity contribution in [3.63, 3.8) is 0 Å². The SMILES string of the molecule is CC1(C)CC2CC(C)(CN2CC2CC(c3ccc(CO)cc3)OC(c3ccc(CNC(=O)CCCCCC(=O)Nc4ccccc4N)cc3)O2)C1. The highest BCUT2D eigenvalue weighted by Crippen LogP contribution is 2.53. The Morgan fingerprint density at radius 3 is 2.27 bits per heavy atom. The Hall–Kier alpha value is -3.76. The molecule has 2 amide bonds. The summed E-state index contributed by atoms with van der Waals surface area (Å²) in [6, 6.07) is 24.0. The van der Waals surface area contributed by atoms with Crippen LogP contribution in [0.2, 0.25) is 0 Å². The second-order valence-electron chi connectivity index (χ2n) is 16.2. The molecule has 0 aromatic heterocycles. The summed E-state index contributed by atoms with van der Waals surface area (Å²) in [4.78, 5) is 27.5. The van der Waals surface area contributed by atoms with E-state index in [9.17, 15) is 14.7 Å². The van der Waals surface area contributed by atoms with E-state index in [1.165, 1.54) is 19.3 Å². The van der Waals surface area contributed by atoms with Gasteiger partial charge in [-0.05, 0) is 71.8 Å². The van der Waals surface area contributed by atoms with Gasteiger partial charge in [0.1, 0.15) is 0 Å². The number of nitrogens with two attached hydrogens (primary N) is 1. The van der Waals surface area contributed by atoms with Crippen LogP contribution in [0.1, 0.15) is 113 Å². The lowest BCUT2D eigenvalue weighted by Gasteiger charge is -2.41. The molecule has 5 atom stereocenters. The first-order valence-electron chi connectivity index (χ1n) is 18.7. The maximum Gasteiger partial charge on any atom is 0.224 e. The van der Waals surface area contributed by atoms with Crippen molar-refractivity contribution in [2.24, 2.45) is 10.8 Å². The van der Waals surface area contributed by atoms with Crippen molar-refractivity contribution in [1.82, 2.24) is 10.2 Å². The fourth-order valence-electron chi connectivity index (χ4n) is 8.74. The largest absolute Gasteiger partial charge is 0.397 e. The Morgan fingerprint density at radius 1 is 0.863 bits per heavy atom. The van der Waals surface area contributed by atoms with Gasteiger partial charge in [0.25, 0.3) is 0 Å². The number of fused-ring (bicyclic) bond motifs is 2. The van der Waals surface area contributed by atoms with Crippen LogP contribution in [-0.4, -0.2) is 47.1 Å². The van der Waals surface area contributed by atoms with Crippen LogP contribution in [0.25, 0.3) is 0 Å². The minimum Gasteiger partial charge on any atom is -0.397 e. The number of unbranched alkanes of at least 4 members (excludes halogenated alkanes) is 2. The summed E-state index contributed by atoms with van der Waals surface area (Å²) >= 11 is 0. The van der Waals surface area contributed by atoms with Gasteiger partial charge in [0.05, 0.1) is 30.2 Å². The number of rotatable bonds is 14. The molecular formula is C42H56N4O5. The van der Waals surface area contributed by atoms with E-state index in [1.54, 1.807) is 12.1 Å². The number of para-hydroxylation sites is 2. The average molecular weight is 697 g/mol. The molecule has 2 aliphatic heterocycles. The monoisotopic (exact) mass is 696 g/mol. The van der Waals surface area contributed by atoms with Crippen LogP contribution in [0, 0.1) is 10.8 Å². The zero-order valence-electron chi connectivity index (χ0n) is 30.5. The lowest BCUT2D eigenvalue weighted by molar-refractivity contribution is -0.253. The highest BCUT2D eigenvalue weighted by atomic mass is 16.7. The minimum absolute atomic E-state index is 0.00101. The fourth-order valence-corrected chi connectivity index (χ4v) is 8.74. The number of hydrogen-bond acceptors (Lipinski definition) is 7. The molecule has 3 aromatic rings. The smallest absolute Gasteiger partial charge is 0.224 e. The van der Waals surface area contributed by atoms with Crippen molar-refractivity contribution < 1.29 is 24.2 Å². The van der Waals surface area contributed by atoms with Crippen molar-refractivity contribution in [1.29, 1.82) is 0 Å². The third-order valence-corrected chi connectivity index (χ3v) is 10.9. The zero-order valence-corrected chi connectivity index (χ0v) is 30.5. The van der Waals surface area contributed by atoms with Gasteiger partial charge in [-0.25, -0.2) is 0 Å². The molecule has 1 aliphatic carbocycles. The second-order valence-corrected chi connectivity index (χ2v) is 16.2. The van der Waals surface area contributed by atoms with E-state index < -0.39 is 6.29 Å². The number of ether oxygens (including phenoxy) is 2. The number of carbonyl (C=O) groups excluding carboxylic acids is 2. The molecule has 2 saturated heterocycles. The van der Waals surface area contributed by atoms with Gasteiger partial charge in [-0.1, -0.05) is 87.9 Å². The quantitative estimate of drug-likeness (QED) is 0.102. The summed E-state index contributed by atoms with van der Waals surface area (Å²) in [6.07, 6.45) is 6.98. The van der Waals surface area contributed by atoms with Gasteiger partial charge < -0.3 is 30.9 Å². The van der Waals surface area contributed by atoms with Crippen LogP contribution in [0.3, 0.4) is 0 Å². The maximum absolute atomic E-state index is 12.6. The van der Waals surface area contributed by atoms with Crippen molar-refractivity contribution in [3.05, 3.63) is 95.1 Å². The van der Waals surface area contributed by atoms with E-state index in [1.807, 2.05) is 48.5 Å². The van der Waals surface area contributed by atoms with Gasteiger partial charge in [0, 0.05) is 50.5 Å². The first-order valence-corrected chi connectivity index (χ1v) is 18.7. The number of benzene rings is 3. The number of aliphatic hydroxyl groups is 1. The number of amides is 2. The van der Waals surface area contributed by atoms with Crippen molar-refractivity contribution >= 4 is 23.2 Å². The Morgan fingerprint density at radius 2 is 1.55 bits per heavy atom. The number of hydrogen-bond donors (Lipinski definition) is 4. The van der Waals surface area contributed by atoms with E-state index in [0.717, 1.165) is 54.6 Å². The van der Waals surface area contributed by atoms with Gasteiger partial charge in [0.2, 0.25) is 11.8 Å². The second kappa shape index (κ2) is 16.3. The molecule has 0 radical (unpaired) electrons. The Labute approximate surface area is 303 Å². The molecule has 1 saturated carbocycles. The molecule has 3 fully saturated rings. The first-order chi connectivity index (χ1) is 24.5. The third-order valence-electron chi connectivity index (χ3n) is 10.9. The van der Waals surface area contributed by atoms with E-state index in [-0.39, 0.29) is 30.6 Å². The first kappa shape index (κ1) is 37.0. The van der Waals surface area contributed by atoms with E-state index in [2.05, 4.69) is 48.4 Å². The number of nitrogens with one attached hydrogen (secondary N) is 2. The average Bonchev–Trinajstić information content (AvgIpc) is 3.35. The minimum atomic E-state index is -0.504. The summed E-state index contributed by atoms with van der Waals surface area (Å²) < 4.78 is 13.3. The summed E-state index contributed by atoms with van der Waals surface area (Å²) in [5.41, 5.74) is 11.7. The van der Waals surface area contributed by atoms with Crippen LogP contribution in [0.5, 0.6) is 0 Å². The van der Waals surface area contributed by atoms with Crippen molar-refractivity contribution in [3.8, 4) is 0 Å². The zero-order chi connectivity index (χ0) is 36.0. The highest BCUT2D eigenvalue weighted by Gasteiger charge is 2.50. The topological polar surface area (TPSA) is 126 Å². The van der Waals surface area contributed by atoms with Gasteiger partial charge in [-0.15, -0.1) is 0 Å². The van der Waals surface area contributed by atoms with Crippen molar-refractivity contribution in [2.45, 2.75) is 116 Å². The Kier molecular flexibility index (Phi) is 11.8. The molecule has 2 bridgehead atoms. The lowest BCUT2D eigenvalue weighted by atomic mass is 9.65. The van der Waals surface area contributed by atoms with Crippen LogP contribution < -0.4 is 16.4 Å². The molecule has 0 spiro atoms. The van der Waals surface area contributed by atoms with Gasteiger partial charge >= 0.3 is 0 Å². The van der Waals surface area contributed by atoms with Crippen LogP contribution in [0.4, 0.5) is 11.4 Å². The normalized spacial score (nSPS) is 25.7. The standard InChI is InChI=1S/C42H56N4O5/c1-41(2)22-33-23-42(3,27-41)28-46(33)25-34-21-37(31-17-15-30(26-47)16-18-31)51-40(50-34)32-19-13-29(14-20-32)24-44-38(48)11-5-4-6-12-39(49)45-36-10-8-7-9-35(36)43/h7-10,13-20,33-34,37,40,47H,4-6,11-12,21-28,43H2,1-3H3,(H,44,48)(H,45,49). The lowest BCUT2D eigenvalue weighted by Crippen LogP contribution is -2.42. The maximum atomic E-state index is 12.6. The van der Waals surface area contributed by atoms with Crippen molar-refractivity contribution in [2.75, 3.05) is 24.1 Å². The van der Waals surface area contributed by atoms with Crippen LogP contribution in [-0.2, 0) is 32.2 Å². The summed E-state index contributed by atoms with van der Waals surface area (Å²) in [5, 5.41) is 15.5. The molecule has 3 aliphatic rings.